The Morgan fingerprint density at radius 2 is 1.76 bits per heavy atom. The first-order chi connectivity index (χ1) is 11.7. The molecule has 0 spiro atoms. The van der Waals surface area contributed by atoms with Crippen LogP contribution in [-0.4, -0.2) is 56.4 Å². The van der Waals surface area contributed by atoms with Gasteiger partial charge in [-0.05, 0) is 25.7 Å². The normalized spacial score (nSPS) is 18.6. The average Bonchev–Trinajstić information content (AvgIpc) is 2.55. The molecule has 1 rings (SSSR count). The highest BCUT2D eigenvalue weighted by Crippen LogP contribution is 2.28. The van der Waals surface area contributed by atoms with Gasteiger partial charge in [0.15, 0.2) is 5.96 Å². The van der Waals surface area contributed by atoms with Gasteiger partial charge in [0.2, 0.25) is 0 Å². The van der Waals surface area contributed by atoms with Crippen molar-refractivity contribution in [2.24, 2.45) is 10.9 Å². The van der Waals surface area contributed by atoms with Crippen LogP contribution in [0.5, 0.6) is 0 Å². The van der Waals surface area contributed by atoms with E-state index >= 15 is 0 Å². The smallest absolute Gasteiger partial charge is 0.357 e. The summed E-state index contributed by atoms with van der Waals surface area (Å²) >= 11 is 0. The molecule has 148 valence electrons. The molecule has 0 aromatic carbocycles. The molecule has 0 amide bonds. The van der Waals surface area contributed by atoms with Crippen LogP contribution in [0.3, 0.4) is 0 Å². The number of halogens is 3. The third kappa shape index (κ3) is 6.32. The van der Waals surface area contributed by atoms with Gasteiger partial charge in [0, 0.05) is 32.2 Å². The molecule has 1 heterocycles. The van der Waals surface area contributed by atoms with Crippen LogP contribution < -0.4 is 10.6 Å². The average molecular weight is 386 g/mol. The molecule has 0 aromatic rings. The van der Waals surface area contributed by atoms with Gasteiger partial charge in [-0.15, -0.1) is 0 Å². The minimum atomic E-state index is -5.24. The minimum Gasteiger partial charge on any atom is -0.357 e. The highest BCUT2D eigenvalue weighted by molar-refractivity contribution is 7.90. The third-order valence-corrected chi connectivity index (χ3v) is 6.06. The molecule has 2 N–H and O–H groups in total. The van der Waals surface area contributed by atoms with E-state index in [1.54, 1.807) is 0 Å². The van der Waals surface area contributed by atoms with Gasteiger partial charge >= 0.3 is 15.5 Å². The van der Waals surface area contributed by atoms with Crippen molar-refractivity contribution in [1.29, 1.82) is 0 Å². The van der Waals surface area contributed by atoms with Crippen molar-refractivity contribution in [3.05, 3.63) is 0 Å². The molecule has 0 aliphatic carbocycles. The Bertz CT molecular complexity index is 525. The Hall–Kier alpha value is -1.03. The Kier molecular flexibility index (Phi) is 8.46. The summed E-state index contributed by atoms with van der Waals surface area (Å²) in [6.07, 6.45) is 2.69. The van der Waals surface area contributed by atoms with E-state index in [0.29, 0.717) is 42.1 Å². The lowest BCUT2D eigenvalue weighted by atomic mass is 10.0. The minimum absolute atomic E-state index is 0.0980. The summed E-state index contributed by atoms with van der Waals surface area (Å²) < 4.78 is 61.1. The topological polar surface area (TPSA) is 73.8 Å². The van der Waals surface area contributed by atoms with Crippen molar-refractivity contribution in [1.82, 2.24) is 14.9 Å². The van der Waals surface area contributed by atoms with Crippen molar-refractivity contribution >= 4 is 16.0 Å². The number of nitrogens with one attached hydrogen (secondary N) is 2. The predicted octanol–water partition coefficient (Wildman–Crippen LogP) is 2.29. The standard InChI is InChI=1S/C15H29F3N4O2S/c1-4-12(5-2)11-20-14(19-6-3)21-13-7-9-22(10-8-13)25(23,24)15(16,17)18/h12-13H,4-11H2,1-3H3,(H2,19,20,21). The summed E-state index contributed by atoms with van der Waals surface area (Å²) in [6, 6.07) is -0.0980. The summed E-state index contributed by atoms with van der Waals surface area (Å²) in [6.45, 7) is 7.23. The van der Waals surface area contributed by atoms with Crippen LogP contribution in [0.1, 0.15) is 46.5 Å². The van der Waals surface area contributed by atoms with Crippen molar-refractivity contribution in [3.8, 4) is 0 Å². The van der Waals surface area contributed by atoms with Gasteiger partial charge < -0.3 is 10.6 Å². The molecule has 1 aliphatic heterocycles. The lowest BCUT2D eigenvalue weighted by Gasteiger charge is -2.32. The second kappa shape index (κ2) is 9.61. The maximum atomic E-state index is 12.6. The van der Waals surface area contributed by atoms with Gasteiger partial charge in [0.25, 0.3) is 0 Å². The molecule has 25 heavy (non-hydrogen) atoms. The second-order valence-corrected chi connectivity index (χ2v) is 8.10. The van der Waals surface area contributed by atoms with Crippen LogP contribution >= 0.6 is 0 Å². The summed E-state index contributed by atoms with van der Waals surface area (Å²) in [4.78, 5) is 4.54. The van der Waals surface area contributed by atoms with Gasteiger partial charge in [-0.1, -0.05) is 26.7 Å². The van der Waals surface area contributed by atoms with Gasteiger partial charge in [-0.3, -0.25) is 4.99 Å². The Balaban J connectivity index is 2.62. The number of aliphatic imine (C=N–C) groups is 1. The highest BCUT2D eigenvalue weighted by atomic mass is 32.2. The van der Waals surface area contributed by atoms with E-state index in [1.807, 2.05) is 6.92 Å². The van der Waals surface area contributed by atoms with E-state index in [9.17, 15) is 21.6 Å². The molecule has 0 bridgehead atoms. The molecule has 1 fully saturated rings. The Morgan fingerprint density at radius 1 is 1.20 bits per heavy atom. The zero-order valence-corrected chi connectivity index (χ0v) is 15.9. The molecule has 6 nitrogen and oxygen atoms in total. The van der Waals surface area contributed by atoms with Crippen LogP contribution in [0, 0.1) is 5.92 Å². The van der Waals surface area contributed by atoms with E-state index in [2.05, 4.69) is 29.5 Å². The van der Waals surface area contributed by atoms with Crippen LogP contribution in [0.2, 0.25) is 0 Å². The number of guanidine groups is 1. The zero-order chi connectivity index (χ0) is 19.1. The van der Waals surface area contributed by atoms with Crippen molar-refractivity contribution < 1.29 is 21.6 Å². The summed E-state index contributed by atoms with van der Waals surface area (Å²) in [5, 5.41) is 6.33. The first-order valence-electron chi connectivity index (χ1n) is 8.76. The van der Waals surface area contributed by atoms with Gasteiger partial charge in [0.1, 0.15) is 0 Å². The van der Waals surface area contributed by atoms with Crippen LogP contribution in [0.4, 0.5) is 13.2 Å². The van der Waals surface area contributed by atoms with E-state index in [4.69, 9.17) is 0 Å². The quantitative estimate of drug-likeness (QED) is 0.520. The number of nitrogens with zero attached hydrogens (tertiary/aromatic N) is 2. The monoisotopic (exact) mass is 386 g/mol. The summed E-state index contributed by atoms with van der Waals surface area (Å²) in [7, 11) is -5.23. The highest BCUT2D eigenvalue weighted by Gasteiger charge is 2.50. The molecular formula is C15H29F3N4O2S. The Morgan fingerprint density at radius 3 is 2.20 bits per heavy atom. The zero-order valence-electron chi connectivity index (χ0n) is 15.1. The van der Waals surface area contributed by atoms with Crippen LogP contribution in [0.25, 0.3) is 0 Å². The number of rotatable bonds is 7. The van der Waals surface area contributed by atoms with Crippen molar-refractivity contribution in [3.63, 3.8) is 0 Å². The lowest BCUT2D eigenvalue weighted by Crippen LogP contribution is -2.51. The third-order valence-electron chi connectivity index (χ3n) is 4.43. The molecule has 0 atom stereocenters. The lowest BCUT2D eigenvalue weighted by molar-refractivity contribution is -0.0494. The molecule has 0 radical (unpaired) electrons. The number of piperidine rings is 1. The molecule has 1 aliphatic rings. The fourth-order valence-electron chi connectivity index (χ4n) is 2.67. The maximum absolute atomic E-state index is 12.6. The maximum Gasteiger partial charge on any atom is 0.511 e. The van der Waals surface area contributed by atoms with Crippen molar-refractivity contribution in [2.45, 2.75) is 58.0 Å². The van der Waals surface area contributed by atoms with Gasteiger partial charge in [-0.25, -0.2) is 8.42 Å². The summed E-state index contributed by atoms with van der Waals surface area (Å²) in [5.41, 5.74) is -5.24. The van der Waals surface area contributed by atoms with Crippen molar-refractivity contribution in [2.75, 3.05) is 26.2 Å². The van der Waals surface area contributed by atoms with E-state index in [0.717, 1.165) is 12.8 Å². The molecule has 1 saturated heterocycles. The molecule has 10 heteroatoms. The fourth-order valence-corrected chi connectivity index (χ4v) is 3.65. The SMILES string of the molecule is CCNC(=NCC(CC)CC)NC1CCN(S(=O)(=O)C(F)(F)F)CC1. The molecule has 0 unspecified atom stereocenters. The number of hydrogen-bond acceptors (Lipinski definition) is 3. The molecular weight excluding hydrogens is 357 g/mol. The molecule has 0 aromatic heterocycles. The van der Waals surface area contributed by atoms with E-state index in [1.165, 1.54) is 0 Å². The summed E-state index contributed by atoms with van der Waals surface area (Å²) in [5.74, 6) is 1.13. The van der Waals surface area contributed by atoms with Crippen LogP contribution in [-0.2, 0) is 10.0 Å². The van der Waals surface area contributed by atoms with Gasteiger partial charge in [0.05, 0.1) is 0 Å². The predicted molar refractivity (Wildman–Crippen MR) is 92.8 cm³/mol. The largest absolute Gasteiger partial charge is 0.511 e. The Labute approximate surface area is 148 Å². The van der Waals surface area contributed by atoms with E-state index in [-0.39, 0.29) is 19.1 Å². The molecule has 0 saturated carbocycles. The first kappa shape index (κ1) is 22.0. The number of alkyl halides is 3. The number of sulfonamides is 1. The number of hydrogen-bond donors (Lipinski definition) is 2. The first-order valence-corrected chi connectivity index (χ1v) is 10.2. The second-order valence-electron chi connectivity index (χ2n) is 6.17. The van der Waals surface area contributed by atoms with Gasteiger partial charge in [-0.2, -0.15) is 17.5 Å². The fraction of sp³-hybridized carbons (Fsp3) is 0.933. The van der Waals surface area contributed by atoms with E-state index < -0.39 is 15.5 Å². The van der Waals surface area contributed by atoms with Crippen LogP contribution in [0.15, 0.2) is 4.99 Å².